The molecule has 17 heavy (non-hydrogen) atoms. The lowest BCUT2D eigenvalue weighted by molar-refractivity contribution is 0.0745. The van der Waals surface area contributed by atoms with Crippen molar-refractivity contribution in [2.75, 3.05) is 7.05 Å². The smallest absolute Gasteiger partial charge is 0.254 e. The monoisotopic (exact) mass is 234 g/mol. The molecule has 1 unspecified atom stereocenters. The summed E-state index contributed by atoms with van der Waals surface area (Å²) in [5.41, 5.74) is 1.07. The number of hydrogen-bond acceptors (Lipinski definition) is 2. The zero-order valence-electron chi connectivity index (χ0n) is 10.2. The Morgan fingerprint density at radius 2 is 2.24 bits per heavy atom. The summed E-state index contributed by atoms with van der Waals surface area (Å²) >= 11 is 0. The molecule has 1 aromatic carbocycles. The third-order valence-corrected chi connectivity index (χ3v) is 2.80. The van der Waals surface area contributed by atoms with Crippen LogP contribution in [0.3, 0.4) is 0 Å². The van der Waals surface area contributed by atoms with Crippen LogP contribution in [0.25, 0.3) is 0 Å². The Bertz CT molecular complexity index is 465. The van der Waals surface area contributed by atoms with Crippen LogP contribution in [-0.2, 0) is 0 Å². The molecule has 0 aliphatic carbocycles. The summed E-state index contributed by atoms with van der Waals surface area (Å²) in [7, 11) is 1.62. The lowest BCUT2D eigenvalue weighted by Crippen LogP contribution is -2.35. The first kappa shape index (κ1) is 13.2. The number of nitrogens with zero attached hydrogens (tertiary/aromatic N) is 2. The molecule has 0 spiro atoms. The number of nitriles is 1. The summed E-state index contributed by atoms with van der Waals surface area (Å²) in [5, 5.41) is 8.59. The SMILES string of the molecule is Cc1ccc(F)cc1C(=O)N(C)C(C)CC#N. The second kappa shape index (κ2) is 5.44. The van der Waals surface area contributed by atoms with Crippen molar-refractivity contribution in [3.05, 3.63) is 35.1 Å². The van der Waals surface area contributed by atoms with Gasteiger partial charge in [-0.2, -0.15) is 5.26 Å². The van der Waals surface area contributed by atoms with Crippen molar-refractivity contribution < 1.29 is 9.18 Å². The van der Waals surface area contributed by atoms with Gasteiger partial charge in [-0.15, -0.1) is 0 Å². The molecule has 1 aromatic rings. The first-order valence-electron chi connectivity index (χ1n) is 5.37. The topological polar surface area (TPSA) is 44.1 Å². The highest BCUT2D eigenvalue weighted by atomic mass is 19.1. The maximum atomic E-state index is 13.1. The Hall–Kier alpha value is -1.89. The fraction of sp³-hybridized carbons (Fsp3) is 0.385. The molecule has 0 saturated heterocycles. The fourth-order valence-corrected chi connectivity index (χ4v) is 1.48. The normalized spacial score (nSPS) is 11.7. The number of aryl methyl sites for hydroxylation is 1. The third kappa shape index (κ3) is 3.04. The number of carbonyl (C=O) groups excluding carboxylic acids is 1. The molecular formula is C13H15FN2O. The lowest BCUT2D eigenvalue weighted by Gasteiger charge is -2.23. The molecule has 0 aliphatic heterocycles. The van der Waals surface area contributed by atoms with E-state index in [1.807, 2.05) is 6.07 Å². The van der Waals surface area contributed by atoms with E-state index < -0.39 is 5.82 Å². The minimum Gasteiger partial charge on any atom is -0.338 e. The van der Waals surface area contributed by atoms with E-state index in [1.54, 1.807) is 27.0 Å². The van der Waals surface area contributed by atoms with Crippen molar-refractivity contribution >= 4 is 5.91 Å². The highest BCUT2D eigenvalue weighted by Crippen LogP contribution is 2.14. The van der Waals surface area contributed by atoms with Gasteiger partial charge in [0.1, 0.15) is 5.82 Å². The Labute approximate surface area is 100 Å². The summed E-state index contributed by atoms with van der Waals surface area (Å²) in [5.74, 6) is -0.690. The van der Waals surface area contributed by atoms with E-state index >= 15 is 0 Å². The van der Waals surface area contributed by atoms with Crippen LogP contribution in [0.1, 0.15) is 29.3 Å². The molecule has 0 aliphatic rings. The lowest BCUT2D eigenvalue weighted by atomic mass is 10.1. The predicted molar refractivity (Wildman–Crippen MR) is 62.9 cm³/mol. The van der Waals surface area contributed by atoms with Crippen LogP contribution in [0.4, 0.5) is 4.39 Å². The minimum absolute atomic E-state index is 0.185. The Balaban J connectivity index is 2.96. The molecule has 0 N–H and O–H groups in total. The molecule has 0 saturated carbocycles. The van der Waals surface area contributed by atoms with Crippen LogP contribution in [-0.4, -0.2) is 23.9 Å². The zero-order valence-corrected chi connectivity index (χ0v) is 10.2. The van der Waals surface area contributed by atoms with E-state index in [0.717, 1.165) is 5.56 Å². The van der Waals surface area contributed by atoms with Gasteiger partial charge in [0, 0.05) is 18.7 Å². The van der Waals surface area contributed by atoms with Crippen LogP contribution in [0.15, 0.2) is 18.2 Å². The quantitative estimate of drug-likeness (QED) is 0.806. The van der Waals surface area contributed by atoms with Gasteiger partial charge in [-0.05, 0) is 31.5 Å². The van der Waals surface area contributed by atoms with E-state index in [4.69, 9.17) is 5.26 Å². The first-order valence-corrected chi connectivity index (χ1v) is 5.37. The van der Waals surface area contributed by atoms with E-state index in [2.05, 4.69) is 0 Å². The second-order valence-electron chi connectivity index (χ2n) is 4.09. The van der Waals surface area contributed by atoms with Gasteiger partial charge in [0.15, 0.2) is 0 Å². The molecule has 0 bridgehead atoms. The average molecular weight is 234 g/mol. The maximum Gasteiger partial charge on any atom is 0.254 e. The van der Waals surface area contributed by atoms with Crippen molar-refractivity contribution in [1.82, 2.24) is 4.90 Å². The Morgan fingerprint density at radius 1 is 1.59 bits per heavy atom. The van der Waals surface area contributed by atoms with Gasteiger partial charge in [0.05, 0.1) is 12.5 Å². The summed E-state index contributed by atoms with van der Waals surface area (Å²) in [6.07, 6.45) is 0.261. The number of halogens is 1. The van der Waals surface area contributed by atoms with Crippen molar-refractivity contribution in [3.63, 3.8) is 0 Å². The van der Waals surface area contributed by atoms with Crippen LogP contribution >= 0.6 is 0 Å². The molecule has 90 valence electrons. The van der Waals surface area contributed by atoms with Gasteiger partial charge in [-0.3, -0.25) is 4.79 Å². The molecule has 1 rings (SSSR count). The second-order valence-corrected chi connectivity index (χ2v) is 4.09. The van der Waals surface area contributed by atoms with Crippen LogP contribution in [0.2, 0.25) is 0 Å². The number of amides is 1. The Kier molecular flexibility index (Phi) is 4.22. The van der Waals surface area contributed by atoms with Crippen molar-refractivity contribution in [3.8, 4) is 6.07 Å². The zero-order chi connectivity index (χ0) is 13.0. The molecule has 0 radical (unpaired) electrons. The average Bonchev–Trinajstić information content (AvgIpc) is 2.30. The molecule has 1 atom stereocenters. The molecular weight excluding hydrogens is 219 g/mol. The summed E-state index contributed by atoms with van der Waals surface area (Å²) < 4.78 is 13.1. The third-order valence-electron chi connectivity index (χ3n) is 2.80. The fourth-order valence-electron chi connectivity index (χ4n) is 1.48. The Morgan fingerprint density at radius 3 is 2.82 bits per heavy atom. The van der Waals surface area contributed by atoms with Crippen molar-refractivity contribution in [2.24, 2.45) is 0 Å². The maximum absolute atomic E-state index is 13.1. The minimum atomic E-state index is -0.430. The highest BCUT2D eigenvalue weighted by Gasteiger charge is 2.19. The standard InChI is InChI=1S/C13H15FN2O/c1-9-4-5-11(14)8-12(9)13(17)16(3)10(2)6-7-15/h4-5,8,10H,6H2,1-3H3. The van der Waals surface area contributed by atoms with Gasteiger partial charge in [0.25, 0.3) is 5.91 Å². The van der Waals surface area contributed by atoms with Crippen LogP contribution < -0.4 is 0 Å². The van der Waals surface area contributed by atoms with Crippen LogP contribution in [0, 0.1) is 24.1 Å². The van der Waals surface area contributed by atoms with Gasteiger partial charge >= 0.3 is 0 Å². The van der Waals surface area contributed by atoms with E-state index in [0.29, 0.717) is 5.56 Å². The number of carbonyl (C=O) groups is 1. The predicted octanol–water partition coefficient (Wildman–Crippen LogP) is 2.51. The summed E-state index contributed by atoms with van der Waals surface area (Å²) in [6.45, 7) is 3.55. The largest absolute Gasteiger partial charge is 0.338 e. The first-order chi connectivity index (χ1) is 7.97. The molecule has 4 heteroatoms. The summed E-state index contributed by atoms with van der Waals surface area (Å²) in [6, 6.07) is 5.96. The van der Waals surface area contributed by atoms with E-state index in [-0.39, 0.29) is 18.4 Å². The number of rotatable bonds is 3. The highest BCUT2D eigenvalue weighted by molar-refractivity contribution is 5.95. The van der Waals surface area contributed by atoms with E-state index in [9.17, 15) is 9.18 Å². The summed E-state index contributed by atoms with van der Waals surface area (Å²) in [4.78, 5) is 13.5. The molecule has 3 nitrogen and oxygen atoms in total. The van der Waals surface area contributed by atoms with Gasteiger partial charge < -0.3 is 4.90 Å². The number of benzene rings is 1. The molecule has 0 heterocycles. The number of hydrogen-bond donors (Lipinski definition) is 0. The molecule has 1 amide bonds. The van der Waals surface area contributed by atoms with Crippen molar-refractivity contribution in [2.45, 2.75) is 26.3 Å². The van der Waals surface area contributed by atoms with Crippen LogP contribution in [0.5, 0.6) is 0 Å². The van der Waals surface area contributed by atoms with Gasteiger partial charge in [0.2, 0.25) is 0 Å². The molecule has 0 aromatic heterocycles. The van der Waals surface area contributed by atoms with Gasteiger partial charge in [-0.1, -0.05) is 6.07 Å². The van der Waals surface area contributed by atoms with Crippen molar-refractivity contribution in [1.29, 1.82) is 5.26 Å². The van der Waals surface area contributed by atoms with Gasteiger partial charge in [-0.25, -0.2) is 4.39 Å². The molecule has 0 fully saturated rings. The van der Waals surface area contributed by atoms with E-state index in [1.165, 1.54) is 17.0 Å².